The van der Waals surface area contributed by atoms with Crippen molar-refractivity contribution in [3.63, 3.8) is 0 Å². The van der Waals surface area contributed by atoms with Gasteiger partial charge in [0.05, 0.1) is 30.1 Å². The fourth-order valence-corrected chi connectivity index (χ4v) is 3.03. The molecule has 0 bridgehead atoms. The first-order valence-electron chi connectivity index (χ1n) is 7.44. The lowest BCUT2D eigenvalue weighted by Gasteiger charge is -2.27. The first-order valence-corrected chi connectivity index (χ1v) is 7.44. The van der Waals surface area contributed by atoms with E-state index in [0.29, 0.717) is 12.1 Å². The van der Waals surface area contributed by atoms with E-state index in [1.165, 1.54) is 11.8 Å². The van der Waals surface area contributed by atoms with Gasteiger partial charge < -0.3 is 9.64 Å². The third-order valence-corrected chi connectivity index (χ3v) is 4.17. The molecule has 2 atom stereocenters. The molecule has 0 unspecified atom stereocenters. The molecule has 0 aliphatic carbocycles. The number of rotatable bonds is 4. The first kappa shape index (κ1) is 14.7. The lowest BCUT2D eigenvalue weighted by atomic mass is 10.0. The number of aromatic nitrogens is 2. The molecule has 114 valence electrons. The van der Waals surface area contributed by atoms with Gasteiger partial charge in [-0.3, -0.25) is 4.79 Å². The molecule has 5 heteroatoms. The molecule has 1 amide bonds. The standard InChI is InChI=1S/C17H19N3O2/c1-22-16-8-10-20(17(21)14-7-9-18-19-12-14)15(16)11-13-5-3-2-4-6-13/h2-7,9,12,15-16H,8,10-11H2,1H3/t15-,16+/m0/s1. The highest BCUT2D eigenvalue weighted by molar-refractivity contribution is 5.94. The Labute approximate surface area is 129 Å². The van der Waals surface area contributed by atoms with E-state index < -0.39 is 0 Å². The van der Waals surface area contributed by atoms with Crippen molar-refractivity contribution >= 4 is 5.91 Å². The van der Waals surface area contributed by atoms with Crippen molar-refractivity contribution in [3.05, 3.63) is 59.9 Å². The Balaban J connectivity index is 1.81. The van der Waals surface area contributed by atoms with Gasteiger partial charge in [0.2, 0.25) is 0 Å². The molecule has 1 aromatic heterocycles. The van der Waals surface area contributed by atoms with Gasteiger partial charge in [-0.1, -0.05) is 30.3 Å². The van der Waals surface area contributed by atoms with E-state index in [0.717, 1.165) is 12.8 Å². The van der Waals surface area contributed by atoms with Gasteiger partial charge in [0.15, 0.2) is 0 Å². The number of hydrogen-bond donors (Lipinski definition) is 0. The molecule has 1 saturated heterocycles. The monoisotopic (exact) mass is 297 g/mol. The topological polar surface area (TPSA) is 55.3 Å². The number of carbonyl (C=O) groups excluding carboxylic acids is 1. The van der Waals surface area contributed by atoms with E-state index >= 15 is 0 Å². The smallest absolute Gasteiger partial charge is 0.255 e. The van der Waals surface area contributed by atoms with Gasteiger partial charge >= 0.3 is 0 Å². The van der Waals surface area contributed by atoms with Crippen molar-refractivity contribution < 1.29 is 9.53 Å². The van der Waals surface area contributed by atoms with Crippen LogP contribution in [0.15, 0.2) is 48.8 Å². The number of likely N-dealkylation sites (tertiary alicyclic amines) is 1. The minimum atomic E-state index is -0.00428. The summed E-state index contributed by atoms with van der Waals surface area (Å²) in [6.45, 7) is 0.706. The predicted molar refractivity (Wildman–Crippen MR) is 82.4 cm³/mol. The summed E-state index contributed by atoms with van der Waals surface area (Å²) in [5.41, 5.74) is 1.78. The highest BCUT2D eigenvalue weighted by atomic mass is 16.5. The van der Waals surface area contributed by atoms with Gasteiger partial charge in [-0.25, -0.2) is 0 Å². The van der Waals surface area contributed by atoms with Crippen molar-refractivity contribution in [1.82, 2.24) is 15.1 Å². The molecular weight excluding hydrogens is 278 g/mol. The normalized spacial score (nSPS) is 21.0. The molecule has 2 heterocycles. The molecule has 0 radical (unpaired) electrons. The van der Waals surface area contributed by atoms with Gasteiger partial charge in [0, 0.05) is 13.7 Å². The van der Waals surface area contributed by atoms with Gasteiger partial charge in [-0.2, -0.15) is 10.2 Å². The highest BCUT2D eigenvalue weighted by Gasteiger charge is 2.37. The molecule has 0 saturated carbocycles. The van der Waals surface area contributed by atoms with Crippen LogP contribution in [-0.4, -0.2) is 46.8 Å². The molecule has 22 heavy (non-hydrogen) atoms. The molecule has 0 N–H and O–H groups in total. The summed E-state index contributed by atoms with van der Waals surface area (Å²) in [6.07, 6.45) is 4.78. The van der Waals surface area contributed by atoms with Crippen LogP contribution in [0.1, 0.15) is 22.3 Å². The van der Waals surface area contributed by atoms with E-state index in [1.54, 1.807) is 19.4 Å². The van der Waals surface area contributed by atoms with E-state index in [2.05, 4.69) is 22.3 Å². The average molecular weight is 297 g/mol. The Morgan fingerprint density at radius 1 is 1.27 bits per heavy atom. The lowest BCUT2D eigenvalue weighted by Crippen LogP contribution is -2.41. The second kappa shape index (κ2) is 6.66. The van der Waals surface area contributed by atoms with Crippen molar-refractivity contribution in [2.75, 3.05) is 13.7 Å². The van der Waals surface area contributed by atoms with Crippen molar-refractivity contribution in [2.24, 2.45) is 0 Å². The van der Waals surface area contributed by atoms with Gasteiger partial charge in [0.25, 0.3) is 5.91 Å². The zero-order chi connectivity index (χ0) is 15.4. The van der Waals surface area contributed by atoms with Crippen LogP contribution in [0.2, 0.25) is 0 Å². The third kappa shape index (κ3) is 2.99. The summed E-state index contributed by atoms with van der Waals surface area (Å²) in [7, 11) is 1.71. The van der Waals surface area contributed by atoms with E-state index in [-0.39, 0.29) is 18.1 Å². The summed E-state index contributed by atoms with van der Waals surface area (Å²) in [4.78, 5) is 14.6. The van der Waals surface area contributed by atoms with Crippen LogP contribution < -0.4 is 0 Å². The second-order valence-corrected chi connectivity index (χ2v) is 5.45. The number of methoxy groups -OCH3 is 1. The Bertz CT molecular complexity index is 618. The SMILES string of the molecule is CO[C@@H]1CCN(C(=O)c2ccnnc2)[C@H]1Cc1ccccc1. The zero-order valence-corrected chi connectivity index (χ0v) is 12.6. The van der Waals surface area contributed by atoms with Crippen LogP contribution in [0.25, 0.3) is 0 Å². The van der Waals surface area contributed by atoms with Gasteiger partial charge in [-0.15, -0.1) is 0 Å². The van der Waals surface area contributed by atoms with Crippen LogP contribution in [-0.2, 0) is 11.2 Å². The molecule has 0 spiro atoms. The summed E-state index contributed by atoms with van der Waals surface area (Å²) in [6, 6.07) is 12.0. The molecule has 1 aliphatic heterocycles. The quantitative estimate of drug-likeness (QED) is 0.865. The summed E-state index contributed by atoms with van der Waals surface area (Å²) < 4.78 is 5.59. The average Bonchev–Trinajstić information content (AvgIpc) is 2.98. The zero-order valence-electron chi connectivity index (χ0n) is 12.6. The fourth-order valence-electron chi connectivity index (χ4n) is 3.03. The highest BCUT2D eigenvalue weighted by Crippen LogP contribution is 2.25. The summed E-state index contributed by atoms with van der Waals surface area (Å²) >= 11 is 0. The van der Waals surface area contributed by atoms with Gasteiger partial charge in [-0.05, 0) is 24.5 Å². The minimum Gasteiger partial charge on any atom is -0.379 e. The summed E-state index contributed by atoms with van der Waals surface area (Å²) in [5.74, 6) is -0.00428. The maximum Gasteiger partial charge on any atom is 0.255 e. The van der Waals surface area contributed by atoms with Crippen LogP contribution >= 0.6 is 0 Å². The van der Waals surface area contributed by atoms with Crippen molar-refractivity contribution in [3.8, 4) is 0 Å². The maximum absolute atomic E-state index is 12.7. The molecule has 1 aromatic carbocycles. The number of amides is 1. The molecule has 2 aromatic rings. The van der Waals surface area contributed by atoms with Gasteiger partial charge in [0.1, 0.15) is 0 Å². The van der Waals surface area contributed by atoms with E-state index in [4.69, 9.17) is 4.74 Å². The minimum absolute atomic E-state index is 0.00428. The Hall–Kier alpha value is -2.27. The van der Waals surface area contributed by atoms with E-state index in [9.17, 15) is 4.79 Å². The van der Waals surface area contributed by atoms with Crippen LogP contribution in [0.3, 0.4) is 0 Å². The first-order chi connectivity index (χ1) is 10.8. The van der Waals surface area contributed by atoms with Crippen molar-refractivity contribution in [1.29, 1.82) is 0 Å². The number of benzene rings is 1. The number of carbonyl (C=O) groups is 1. The number of nitrogens with zero attached hydrogens (tertiary/aromatic N) is 3. The molecule has 1 fully saturated rings. The van der Waals surface area contributed by atoms with Crippen LogP contribution in [0.4, 0.5) is 0 Å². The van der Waals surface area contributed by atoms with Crippen LogP contribution in [0.5, 0.6) is 0 Å². The lowest BCUT2D eigenvalue weighted by molar-refractivity contribution is 0.0508. The molecule has 5 nitrogen and oxygen atoms in total. The third-order valence-electron chi connectivity index (χ3n) is 4.17. The number of ether oxygens (including phenoxy) is 1. The predicted octanol–water partition coefficient (Wildman–Crippen LogP) is 1.95. The van der Waals surface area contributed by atoms with Crippen LogP contribution in [0, 0.1) is 0 Å². The maximum atomic E-state index is 12.7. The fraction of sp³-hybridized carbons (Fsp3) is 0.353. The Morgan fingerprint density at radius 3 is 2.77 bits per heavy atom. The van der Waals surface area contributed by atoms with Crippen molar-refractivity contribution in [2.45, 2.75) is 25.0 Å². The summed E-state index contributed by atoms with van der Waals surface area (Å²) in [5, 5.41) is 7.52. The Morgan fingerprint density at radius 2 is 2.09 bits per heavy atom. The Kier molecular flexibility index (Phi) is 4.44. The molecular formula is C17H19N3O2. The molecule has 3 rings (SSSR count). The second-order valence-electron chi connectivity index (χ2n) is 5.45. The number of hydrogen-bond acceptors (Lipinski definition) is 4. The molecule has 1 aliphatic rings. The largest absolute Gasteiger partial charge is 0.379 e. The van der Waals surface area contributed by atoms with E-state index in [1.807, 2.05) is 23.1 Å².